The Morgan fingerprint density at radius 2 is 1.72 bits per heavy atom. The highest BCUT2D eigenvalue weighted by Crippen LogP contribution is 2.14. The lowest BCUT2D eigenvalue weighted by Gasteiger charge is -2.10. The molecular formula is C20H21ClN4. The molecule has 25 heavy (non-hydrogen) atoms. The van der Waals surface area contributed by atoms with Gasteiger partial charge in [0.1, 0.15) is 18.0 Å². The molecule has 0 spiro atoms. The summed E-state index contributed by atoms with van der Waals surface area (Å²) in [6, 6.07) is 18.2. The highest BCUT2D eigenvalue weighted by Gasteiger charge is 2.01. The summed E-state index contributed by atoms with van der Waals surface area (Å²) >= 11 is 6.01. The Balaban J connectivity index is 1.53. The molecule has 0 saturated carbocycles. The number of hydrogen-bond acceptors (Lipinski definition) is 4. The average molecular weight is 353 g/mol. The summed E-state index contributed by atoms with van der Waals surface area (Å²) in [4.78, 5) is 8.55. The zero-order valence-electron chi connectivity index (χ0n) is 14.2. The molecule has 4 nitrogen and oxygen atoms in total. The summed E-state index contributed by atoms with van der Waals surface area (Å²) in [6.45, 7) is 3.64. The predicted octanol–water partition coefficient (Wildman–Crippen LogP) is 4.71. The summed E-state index contributed by atoms with van der Waals surface area (Å²) in [5, 5.41) is 7.44. The molecule has 0 saturated heterocycles. The van der Waals surface area contributed by atoms with Crippen molar-refractivity contribution in [3.63, 3.8) is 0 Å². The third-order valence-corrected chi connectivity index (χ3v) is 4.23. The molecule has 0 aliphatic heterocycles. The fourth-order valence-corrected chi connectivity index (χ4v) is 2.79. The van der Waals surface area contributed by atoms with E-state index >= 15 is 0 Å². The van der Waals surface area contributed by atoms with Crippen LogP contribution in [-0.2, 0) is 13.0 Å². The minimum Gasteiger partial charge on any atom is -0.370 e. The molecular weight excluding hydrogens is 332 g/mol. The number of halogens is 1. The Bertz CT molecular complexity index is 835. The van der Waals surface area contributed by atoms with Gasteiger partial charge in [0.15, 0.2) is 0 Å². The van der Waals surface area contributed by atoms with E-state index in [1.54, 1.807) is 6.33 Å². The van der Waals surface area contributed by atoms with Gasteiger partial charge in [0, 0.05) is 24.2 Å². The molecule has 1 aromatic heterocycles. The van der Waals surface area contributed by atoms with Gasteiger partial charge in [0.2, 0.25) is 0 Å². The van der Waals surface area contributed by atoms with E-state index in [-0.39, 0.29) is 0 Å². The van der Waals surface area contributed by atoms with Crippen LogP contribution in [0.2, 0.25) is 5.02 Å². The van der Waals surface area contributed by atoms with Gasteiger partial charge in [0.25, 0.3) is 0 Å². The average Bonchev–Trinajstić information content (AvgIpc) is 2.62. The Morgan fingerprint density at radius 3 is 2.52 bits per heavy atom. The van der Waals surface area contributed by atoms with Crippen molar-refractivity contribution in [3.8, 4) is 0 Å². The van der Waals surface area contributed by atoms with E-state index in [2.05, 4.69) is 45.7 Å². The van der Waals surface area contributed by atoms with Crippen LogP contribution in [0.1, 0.15) is 16.7 Å². The second-order valence-corrected chi connectivity index (χ2v) is 6.31. The van der Waals surface area contributed by atoms with Crippen LogP contribution in [0, 0.1) is 6.92 Å². The summed E-state index contributed by atoms with van der Waals surface area (Å²) in [5.41, 5.74) is 3.73. The smallest absolute Gasteiger partial charge is 0.131 e. The first-order chi connectivity index (χ1) is 12.2. The maximum Gasteiger partial charge on any atom is 0.131 e. The monoisotopic (exact) mass is 352 g/mol. The van der Waals surface area contributed by atoms with Gasteiger partial charge in [-0.15, -0.1) is 0 Å². The lowest BCUT2D eigenvalue weighted by Crippen LogP contribution is -2.08. The van der Waals surface area contributed by atoms with Crippen molar-refractivity contribution in [1.29, 1.82) is 0 Å². The molecule has 0 radical (unpaired) electrons. The fraction of sp³-hybridized carbons (Fsp3) is 0.200. The van der Waals surface area contributed by atoms with Crippen molar-refractivity contribution in [2.75, 3.05) is 17.2 Å². The van der Waals surface area contributed by atoms with Crippen molar-refractivity contribution in [2.24, 2.45) is 0 Å². The van der Waals surface area contributed by atoms with E-state index in [0.29, 0.717) is 0 Å². The van der Waals surface area contributed by atoms with Gasteiger partial charge in [-0.1, -0.05) is 48.0 Å². The van der Waals surface area contributed by atoms with Crippen LogP contribution in [0.25, 0.3) is 0 Å². The highest BCUT2D eigenvalue weighted by atomic mass is 35.5. The van der Waals surface area contributed by atoms with Crippen LogP contribution >= 0.6 is 11.6 Å². The van der Waals surface area contributed by atoms with Crippen molar-refractivity contribution in [1.82, 2.24) is 9.97 Å². The second kappa shape index (κ2) is 8.49. The molecule has 2 N–H and O–H groups in total. The molecule has 2 aromatic carbocycles. The van der Waals surface area contributed by atoms with Crippen molar-refractivity contribution in [3.05, 3.63) is 82.6 Å². The maximum absolute atomic E-state index is 6.01. The van der Waals surface area contributed by atoms with Gasteiger partial charge in [-0.05, 0) is 42.2 Å². The standard InChI is InChI=1S/C20H21ClN4/c1-15-5-2-3-7-17(15)13-23-20-12-19(24-14-25-20)22-10-9-16-6-4-8-18(21)11-16/h2-8,11-12,14H,9-10,13H2,1H3,(H2,22,23,24,25). The summed E-state index contributed by atoms with van der Waals surface area (Å²) in [5.74, 6) is 1.62. The van der Waals surface area contributed by atoms with Crippen LogP contribution in [0.3, 0.4) is 0 Å². The number of nitrogens with zero attached hydrogens (tertiary/aromatic N) is 2. The van der Waals surface area contributed by atoms with Crippen molar-refractivity contribution >= 4 is 23.2 Å². The quantitative estimate of drug-likeness (QED) is 0.646. The first-order valence-corrected chi connectivity index (χ1v) is 8.67. The SMILES string of the molecule is Cc1ccccc1CNc1cc(NCCc2cccc(Cl)c2)ncn1. The molecule has 0 unspecified atom stereocenters. The fourth-order valence-electron chi connectivity index (χ4n) is 2.57. The molecule has 5 heteroatoms. The number of anilines is 2. The molecule has 3 aromatic rings. The summed E-state index contributed by atoms with van der Waals surface area (Å²) in [7, 11) is 0. The van der Waals surface area contributed by atoms with Crippen LogP contribution in [0.5, 0.6) is 0 Å². The molecule has 0 fully saturated rings. The largest absolute Gasteiger partial charge is 0.370 e. The molecule has 1 heterocycles. The number of hydrogen-bond donors (Lipinski definition) is 2. The number of aromatic nitrogens is 2. The normalized spacial score (nSPS) is 10.5. The third-order valence-electron chi connectivity index (χ3n) is 4.00. The van der Waals surface area contributed by atoms with Crippen LogP contribution in [0.4, 0.5) is 11.6 Å². The molecule has 0 aliphatic carbocycles. The predicted molar refractivity (Wildman–Crippen MR) is 104 cm³/mol. The lowest BCUT2D eigenvalue weighted by molar-refractivity contribution is 0.995. The van der Waals surface area contributed by atoms with Gasteiger partial charge < -0.3 is 10.6 Å². The molecule has 0 atom stereocenters. The zero-order chi connectivity index (χ0) is 17.5. The third kappa shape index (κ3) is 5.19. The second-order valence-electron chi connectivity index (χ2n) is 5.88. The zero-order valence-corrected chi connectivity index (χ0v) is 14.9. The van der Waals surface area contributed by atoms with E-state index in [1.165, 1.54) is 16.7 Å². The van der Waals surface area contributed by atoms with E-state index in [0.717, 1.165) is 36.2 Å². The van der Waals surface area contributed by atoms with E-state index in [9.17, 15) is 0 Å². The Hall–Kier alpha value is -2.59. The first kappa shape index (κ1) is 17.2. The molecule has 0 aliphatic rings. The minimum atomic E-state index is 0.742. The van der Waals surface area contributed by atoms with E-state index < -0.39 is 0 Å². The molecule has 3 rings (SSSR count). The summed E-state index contributed by atoms with van der Waals surface area (Å²) < 4.78 is 0. The number of rotatable bonds is 7. The lowest BCUT2D eigenvalue weighted by atomic mass is 10.1. The number of benzene rings is 2. The Kier molecular flexibility index (Phi) is 5.86. The van der Waals surface area contributed by atoms with Crippen LogP contribution in [0.15, 0.2) is 60.9 Å². The molecule has 128 valence electrons. The van der Waals surface area contributed by atoms with Crippen molar-refractivity contribution < 1.29 is 0 Å². The Labute approximate surface area is 153 Å². The van der Waals surface area contributed by atoms with Crippen LogP contribution < -0.4 is 10.6 Å². The maximum atomic E-state index is 6.01. The number of nitrogens with one attached hydrogen (secondary N) is 2. The molecule has 0 bridgehead atoms. The minimum absolute atomic E-state index is 0.742. The Morgan fingerprint density at radius 1 is 0.920 bits per heavy atom. The topological polar surface area (TPSA) is 49.8 Å². The van der Waals surface area contributed by atoms with E-state index in [4.69, 9.17) is 11.6 Å². The van der Waals surface area contributed by atoms with Gasteiger partial charge in [-0.3, -0.25) is 0 Å². The van der Waals surface area contributed by atoms with Gasteiger partial charge in [-0.2, -0.15) is 0 Å². The van der Waals surface area contributed by atoms with Gasteiger partial charge in [0.05, 0.1) is 0 Å². The highest BCUT2D eigenvalue weighted by molar-refractivity contribution is 6.30. The van der Waals surface area contributed by atoms with Gasteiger partial charge in [-0.25, -0.2) is 9.97 Å². The van der Waals surface area contributed by atoms with Gasteiger partial charge >= 0.3 is 0 Å². The summed E-state index contributed by atoms with van der Waals surface area (Å²) in [6.07, 6.45) is 2.46. The van der Waals surface area contributed by atoms with Crippen LogP contribution in [-0.4, -0.2) is 16.5 Å². The van der Waals surface area contributed by atoms with E-state index in [1.807, 2.05) is 36.4 Å². The molecule has 0 amide bonds. The number of aryl methyl sites for hydroxylation is 1. The first-order valence-electron chi connectivity index (χ1n) is 8.29. The van der Waals surface area contributed by atoms with Crippen molar-refractivity contribution in [2.45, 2.75) is 19.9 Å².